The van der Waals surface area contributed by atoms with Crippen LogP contribution < -0.4 is 0 Å². The Morgan fingerprint density at radius 2 is 1.37 bits per heavy atom. The summed E-state index contributed by atoms with van der Waals surface area (Å²) >= 11 is 0. The van der Waals surface area contributed by atoms with Crippen molar-refractivity contribution in [2.45, 2.75) is 97.9 Å². The molecule has 3 nitrogen and oxygen atoms in total. The number of unbranched alkanes of at least 4 members (excludes halogenated alkanes) is 1. The van der Waals surface area contributed by atoms with E-state index in [1.54, 1.807) is 0 Å². The zero-order valence-electron chi connectivity index (χ0n) is 14.0. The molecule has 0 saturated heterocycles. The topological polar surface area (TPSA) is 27.7 Å². The van der Waals surface area contributed by atoms with Crippen molar-refractivity contribution in [3.05, 3.63) is 0 Å². The number of rotatable bonds is 11. The fourth-order valence-corrected chi connectivity index (χ4v) is 2.51. The third-order valence-corrected chi connectivity index (χ3v) is 4.83. The average Bonchev–Trinajstić information content (AvgIpc) is 2.33. The van der Waals surface area contributed by atoms with Gasteiger partial charge in [-0.1, -0.05) is 33.6 Å². The standard InChI is InChI=1S/C15H34O3Si/c1-8-11-12-19-18-13(16-14(4,5)9-2)17-15(6,7)10-3/h13H,8-12,19H2,1-7H3. The second kappa shape index (κ2) is 9.11. The van der Waals surface area contributed by atoms with E-state index in [0.29, 0.717) is 0 Å². The van der Waals surface area contributed by atoms with Crippen molar-refractivity contribution in [3.8, 4) is 0 Å². The van der Waals surface area contributed by atoms with Crippen LogP contribution in [0.15, 0.2) is 0 Å². The number of hydrogen-bond acceptors (Lipinski definition) is 3. The van der Waals surface area contributed by atoms with Crippen molar-refractivity contribution in [1.29, 1.82) is 0 Å². The van der Waals surface area contributed by atoms with Crippen LogP contribution in [0.25, 0.3) is 0 Å². The molecule has 0 radical (unpaired) electrons. The van der Waals surface area contributed by atoms with Gasteiger partial charge < -0.3 is 13.9 Å². The predicted octanol–water partition coefficient (Wildman–Crippen LogP) is 4.00. The summed E-state index contributed by atoms with van der Waals surface area (Å²) in [7, 11) is -0.550. The van der Waals surface area contributed by atoms with Gasteiger partial charge in [0, 0.05) is 0 Å². The van der Waals surface area contributed by atoms with Crippen LogP contribution in [0.3, 0.4) is 0 Å². The second-order valence-corrected chi connectivity index (χ2v) is 7.78. The van der Waals surface area contributed by atoms with Crippen molar-refractivity contribution in [2.75, 3.05) is 0 Å². The average molecular weight is 291 g/mol. The van der Waals surface area contributed by atoms with Crippen LogP contribution in [0.5, 0.6) is 0 Å². The Morgan fingerprint density at radius 1 is 0.895 bits per heavy atom. The number of hydrogen-bond donors (Lipinski definition) is 0. The minimum atomic E-state index is -0.550. The van der Waals surface area contributed by atoms with E-state index >= 15 is 0 Å². The molecule has 0 aromatic rings. The van der Waals surface area contributed by atoms with Crippen molar-refractivity contribution >= 4 is 9.76 Å². The maximum Gasteiger partial charge on any atom is 0.262 e. The maximum absolute atomic E-state index is 6.00. The first-order valence-electron chi connectivity index (χ1n) is 7.73. The molecule has 0 aromatic heterocycles. The van der Waals surface area contributed by atoms with Gasteiger partial charge in [0.15, 0.2) is 9.76 Å². The van der Waals surface area contributed by atoms with Crippen LogP contribution in [0, 0.1) is 0 Å². The Kier molecular flexibility index (Phi) is 9.16. The molecule has 19 heavy (non-hydrogen) atoms. The number of ether oxygens (including phenoxy) is 2. The van der Waals surface area contributed by atoms with Gasteiger partial charge in [0.1, 0.15) is 0 Å². The Hall–Kier alpha value is 0.0969. The van der Waals surface area contributed by atoms with Crippen LogP contribution in [-0.4, -0.2) is 27.4 Å². The van der Waals surface area contributed by atoms with Gasteiger partial charge in [-0.15, -0.1) is 0 Å². The second-order valence-electron chi connectivity index (χ2n) is 6.33. The molecule has 0 spiro atoms. The normalized spacial score (nSPS) is 13.9. The van der Waals surface area contributed by atoms with Crippen molar-refractivity contribution in [2.24, 2.45) is 0 Å². The quantitative estimate of drug-likeness (QED) is 0.327. The molecule has 0 bridgehead atoms. The molecule has 0 aliphatic heterocycles. The van der Waals surface area contributed by atoms with Crippen molar-refractivity contribution in [3.63, 3.8) is 0 Å². The summed E-state index contributed by atoms with van der Waals surface area (Å²) < 4.78 is 17.9. The highest BCUT2D eigenvalue weighted by atomic mass is 28.2. The Labute approximate surface area is 122 Å². The van der Waals surface area contributed by atoms with E-state index < -0.39 is 16.2 Å². The van der Waals surface area contributed by atoms with E-state index in [2.05, 4.69) is 48.5 Å². The van der Waals surface area contributed by atoms with Crippen LogP contribution in [-0.2, 0) is 13.9 Å². The monoisotopic (exact) mass is 290 g/mol. The molecular formula is C15H34O3Si. The summed E-state index contributed by atoms with van der Waals surface area (Å²) in [4.78, 5) is 0. The maximum atomic E-state index is 6.00. The molecule has 0 heterocycles. The third kappa shape index (κ3) is 9.60. The smallest absolute Gasteiger partial charge is 0.262 e. The molecule has 0 aromatic carbocycles. The highest BCUT2D eigenvalue weighted by Gasteiger charge is 2.28. The highest BCUT2D eigenvalue weighted by molar-refractivity contribution is 6.27. The SMILES string of the molecule is CCCC[SiH2]OC(OC(C)(C)CC)OC(C)(C)CC. The molecule has 0 amide bonds. The lowest BCUT2D eigenvalue weighted by Crippen LogP contribution is -2.39. The molecular weight excluding hydrogens is 256 g/mol. The Morgan fingerprint density at radius 3 is 1.74 bits per heavy atom. The van der Waals surface area contributed by atoms with Gasteiger partial charge in [-0.3, -0.25) is 0 Å². The summed E-state index contributed by atoms with van der Waals surface area (Å²) in [5.41, 5.74) is -0.401. The fraction of sp³-hybridized carbons (Fsp3) is 1.00. The lowest BCUT2D eigenvalue weighted by molar-refractivity contribution is -0.321. The van der Waals surface area contributed by atoms with Gasteiger partial charge >= 0.3 is 0 Å². The van der Waals surface area contributed by atoms with Gasteiger partial charge in [0.2, 0.25) is 0 Å². The van der Waals surface area contributed by atoms with Gasteiger partial charge in [-0.2, -0.15) is 0 Å². The minimum Gasteiger partial charge on any atom is -0.379 e. The molecule has 116 valence electrons. The largest absolute Gasteiger partial charge is 0.379 e. The van der Waals surface area contributed by atoms with Crippen LogP contribution >= 0.6 is 0 Å². The molecule has 0 atom stereocenters. The molecule has 0 aliphatic carbocycles. The van der Waals surface area contributed by atoms with E-state index in [1.807, 2.05) is 0 Å². The molecule has 0 aliphatic rings. The zero-order valence-corrected chi connectivity index (χ0v) is 15.5. The predicted molar refractivity (Wildman–Crippen MR) is 84.0 cm³/mol. The minimum absolute atomic E-state index is 0.201. The molecule has 4 heteroatoms. The van der Waals surface area contributed by atoms with Gasteiger partial charge in [0.05, 0.1) is 11.2 Å². The van der Waals surface area contributed by atoms with E-state index in [4.69, 9.17) is 13.9 Å². The lowest BCUT2D eigenvalue weighted by atomic mass is 10.1. The molecule has 0 saturated carbocycles. The summed E-state index contributed by atoms with van der Waals surface area (Å²) in [5.74, 6) is 0. The summed E-state index contributed by atoms with van der Waals surface area (Å²) in [6.45, 7) is 14.3. The van der Waals surface area contributed by atoms with Crippen molar-refractivity contribution < 1.29 is 13.9 Å². The summed E-state index contributed by atoms with van der Waals surface area (Å²) in [6, 6.07) is 1.19. The van der Waals surface area contributed by atoms with Crippen LogP contribution in [0.2, 0.25) is 6.04 Å². The molecule has 0 N–H and O–H groups in total. The summed E-state index contributed by atoms with van der Waals surface area (Å²) in [6.07, 6.45) is 4.36. The van der Waals surface area contributed by atoms with E-state index in [-0.39, 0.29) is 11.2 Å². The third-order valence-electron chi connectivity index (χ3n) is 3.54. The van der Waals surface area contributed by atoms with E-state index in [1.165, 1.54) is 18.9 Å². The molecule has 0 unspecified atom stereocenters. The molecule has 0 rings (SSSR count). The lowest BCUT2D eigenvalue weighted by Gasteiger charge is -2.35. The van der Waals surface area contributed by atoms with Gasteiger partial charge in [-0.25, -0.2) is 0 Å². The van der Waals surface area contributed by atoms with E-state index in [9.17, 15) is 0 Å². The van der Waals surface area contributed by atoms with Gasteiger partial charge in [0.25, 0.3) is 6.48 Å². The van der Waals surface area contributed by atoms with Crippen LogP contribution in [0.4, 0.5) is 0 Å². The zero-order chi connectivity index (χ0) is 14.9. The molecule has 0 fully saturated rings. The van der Waals surface area contributed by atoms with E-state index in [0.717, 1.165) is 12.8 Å². The first-order valence-corrected chi connectivity index (χ1v) is 9.31. The fourth-order valence-electron chi connectivity index (χ4n) is 1.31. The van der Waals surface area contributed by atoms with Crippen molar-refractivity contribution in [1.82, 2.24) is 0 Å². The Bertz CT molecular complexity index is 211. The summed E-state index contributed by atoms with van der Waals surface area (Å²) in [5, 5.41) is 0. The Balaban J connectivity index is 4.38. The van der Waals surface area contributed by atoms with Gasteiger partial charge in [-0.05, 0) is 46.6 Å². The van der Waals surface area contributed by atoms with Crippen LogP contribution in [0.1, 0.15) is 74.1 Å². The first kappa shape index (κ1) is 19.1. The first-order chi connectivity index (χ1) is 8.76. The highest BCUT2D eigenvalue weighted by Crippen LogP contribution is 2.23.